The topological polar surface area (TPSA) is 102 Å². The summed E-state index contributed by atoms with van der Waals surface area (Å²) in [5.41, 5.74) is 0.243. The Morgan fingerprint density at radius 2 is 2.00 bits per heavy atom. The van der Waals surface area contributed by atoms with Crippen molar-refractivity contribution in [3.63, 3.8) is 0 Å². The summed E-state index contributed by atoms with van der Waals surface area (Å²) in [7, 11) is 0. The van der Waals surface area contributed by atoms with Gasteiger partial charge in [0.25, 0.3) is 11.3 Å². The molecule has 2 heterocycles. The zero-order chi connectivity index (χ0) is 15.7. The molecular weight excluding hydrogens is 293 g/mol. The van der Waals surface area contributed by atoms with Crippen LogP contribution in [0.15, 0.2) is 35.4 Å². The number of carboxylic acids is 1. The Labute approximate surface area is 122 Å². The molecule has 3 aromatic rings. The maximum absolute atomic E-state index is 12.9. The van der Waals surface area contributed by atoms with Crippen LogP contribution in [-0.2, 0) is 17.8 Å². The minimum atomic E-state index is -1.18. The van der Waals surface area contributed by atoms with E-state index in [2.05, 4.69) is 15.3 Å². The Morgan fingerprint density at radius 1 is 1.27 bits per heavy atom. The molecule has 112 valence electrons. The molecule has 0 aliphatic heterocycles. The summed E-state index contributed by atoms with van der Waals surface area (Å²) in [6, 6.07) is 5.63. The van der Waals surface area contributed by atoms with Crippen molar-refractivity contribution in [2.45, 2.75) is 13.0 Å². The van der Waals surface area contributed by atoms with E-state index in [1.165, 1.54) is 35.1 Å². The van der Waals surface area contributed by atoms with Crippen LogP contribution in [0.3, 0.4) is 0 Å². The first-order valence-corrected chi connectivity index (χ1v) is 6.30. The summed E-state index contributed by atoms with van der Waals surface area (Å²) in [5, 5.41) is 20.3. The second-order valence-corrected chi connectivity index (χ2v) is 4.61. The number of carbonyl (C=O) groups is 1. The van der Waals surface area contributed by atoms with E-state index in [1.54, 1.807) is 0 Å². The Morgan fingerprint density at radius 3 is 2.68 bits per heavy atom. The van der Waals surface area contributed by atoms with Crippen molar-refractivity contribution in [3.8, 4) is 0 Å². The Bertz CT molecular complexity index is 900. The number of hydrogen-bond acceptors (Lipinski definition) is 5. The van der Waals surface area contributed by atoms with Crippen molar-refractivity contribution in [3.05, 3.63) is 58.0 Å². The lowest BCUT2D eigenvalue weighted by atomic mass is 10.1. The van der Waals surface area contributed by atoms with Gasteiger partial charge in [0.2, 0.25) is 0 Å². The van der Waals surface area contributed by atoms with Crippen LogP contribution in [0.2, 0.25) is 0 Å². The second-order valence-electron chi connectivity index (χ2n) is 4.61. The zero-order valence-corrected chi connectivity index (χ0v) is 11.2. The molecule has 8 nitrogen and oxygen atoms in total. The number of aromatic nitrogens is 5. The Kier molecular flexibility index (Phi) is 3.37. The molecule has 0 saturated heterocycles. The van der Waals surface area contributed by atoms with Crippen molar-refractivity contribution >= 4 is 11.7 Å². The van der Waals surface area contributed by atoms with Gasteiger partial charge in [-0.15, -0.1) is 10.2 Å². The summed E-state index contributed by atoms with van der Waals surface area (Å²) < 4.78 is 15.1. The van der Waals surface area contributed by atoms with Crippen LogP contribution in [-0.4, -0.2) is 35.5 Å². The van der Waals surface area contributed by atoms with Gasteiger partial charge in [-0.2, -0.15) is 9.61 Å². The Balaban J connectivity index is 2.09. The lowest BCUT2D eigenvalue weighted by Gasteiger charge is -2.07. The molecule has 2 aromatic heterocycles. The van der Waals surface area contributed by atoms with E-state index >= 15 is 0 Å². The molecule has 3 rings (SSSR count). The second kappa shape index (κ2) is 5.35. The number of carboxylic acid groups (broad SMARTS) is 1. The molecule has 1 aromatic carbocycles. The van der Waals surface area contributed by atoms with Gasteiger partial charge in [-0.1, -0.05) is 12.1 Å². The third-order valence-electron chi connectivity index (χ3n) is 3.05. The van der Waals surface area contributed by atoms with Gasteiger partial charge >= 0.3 is 5.97 Å². The molecule has 0 unspecified atom stereocenters. The highest BCUT2D eigenvalue weighted by atomic mass is 19.1. The number of halogens is 1. The predicted octanol–water partition coefficient (Wildman–Crippen LogP) is 0.101. The standard InChI is InChI=1S/C13H10FN5O3/c14-9-3-1-8(2-4-9)5-10-12(22)18(6-11(20)21)13-16-15-7-19(13)17-10/h1-4,7H,5-6H2,(H,20,21). The van der Waals surface area contributed by atoms with Crippen molar-refractivity contribution < 1.29 is 14.3 Å². The molecular formula is C13H10FN5O3. The molecule has 22 heavy (non-hydrogen) atoms. The van der Waals surface area contributed by atoms with Crippen LogP contribution in [0.4, 0.5) is 4.39 Å². The summed E-state index contributed by atoms with van der Waals surface area (Å²) in [6.45, 7) is -0.542. The quantitative estimate of drug-likeness (QED) is 0.733. The molecule has 0 amide bonds. The SMILES string of the molecule is O=C(O)Cn1c(=O)c(Cc2ccc(F)cc2)nn2cnnc12. The fourth-order valence-electron chi connectivity index (χ4n) is 2.08. The number of benzene rings is 1. The average molecular weight is 303 g/mol. The van der Waals surface area contributed by atoms with Crippen LogP contribution in [0.1, 0.15) is 11.3 Å². The molecule has 0 spiro atoms. The third-order valence-corrected chi connectivity index (χ3v) is 3.05. The van der Waals surface area contributed by atoms with Crippen LogP contribution in [0, 0.1) is 5.82 Å². The van der Waals surface area contributed by atoms with Crippen LogP contribution in [0.5, 0.6) is 0 Å². The highest BCUT2D eigenvalue weighted by Crippen LogP contribution is 2.07. The minimum Gasteiger partial charge on any atom is -0.480 e. The summed E-state index contributed by atoms with van der Waals surface area (Å²) in [6.07, 6.45) is 1.42. The van der Waals surface area contributed by atoms with E-state index in [0.29, 0.717) is 5.56 Å². The highest BCUT2D eigenvalue weighted by Gasteiger charge is 2.15. The largest absolute Gasteiger partial charge is 0.480 e. The molecule has 0 aliphatic carbocycles. The first-order chi connectivity index (χ1) is 10.5. The molecule has 0 atom stereocenters. The van der Waals surface area contributed by atoms with Crippen molar-refractivity contribution in [2.75, 3.05) is 0 Å². The molecule has 0 radical (unpaired) electrons. The first kappa shape index (κ1) is 13.9. The van der Waals surface area contributed by atoms with E-state index in [1.807, 2.05) is 0 Å². The van der Waals surface area contributed by atoms with E-state index in [-0.39, 0.29) is 23.7 Å². The third kappa shape index (κ3) is 2.55. The van der Waals surface area contributed by atoms with Crippen molar-refractivity contribution in [2.24, 2.45) is 0 Å². The monoisotopic (exact) mass is 303 g/mol. The lowest BCUT2D eigenvalue weighted by molar-refractivity contribution is -0.137. The van der Waals surface area contributed by atoms with Gasteiger partial charge < -0.3 is 5.11 Å². The van der Waals surface area contributed by atoms with Gasteiger partial charge in [0.15, 0.2) is 0 Å². The van der Waals surface area contributed by atoms with Gasteiger partial charge in [-0.25, -0.2) is 4.39 Å². The number of hydrogen-bond donors (Lipinski definition) is 1. The van der Waals surface area contributed by atoms with Crippen LogP contribution >= 0.6 is 0 Å². The highest BCUT2D eigenvalue weighted by molar-refractivity contribution is 5.67. The van der Waals surface area contributed by atoms with E-state index in [4.69, 9.17) is 5.11 Å². The van der Waals surface area contributed by atoms with E-state index in [9.17, 15) is 14.0 Å². The van der Waals surface area contributed by atoms with Gasteiger partial charge in [0.05, 0.1) is 0 Å². The predicted molar refractivity (Wildman–Crippen MR) is 71.9 cm³/mol. The Hall–Kier alpha value is -3.10. The van der Waals surface area contributed by atoms with Gasteiger partial charge in [-0.05, 0) is 17.7 Å². The van der Waals surface area contributed by atoms with Gasteiger partial charge in [-0.3, -0.25) is 14.2 Å². The van der Waals surface area contributed by atoms with Crippen LogP contribution < -0.4 is 5.56 Å². The lowest BCUT2D eigenvalue weighted by Crippen LogP contribution is -2.31. The fraction of sp³-hybridized carbons (Fsp3) is 0.154. The number of nitrogens with zero attached hydrogens (tertiary/aromatic N) is 5. The molecule has 0 aliphatic rings. The molecule has 1 N–H and O–H groups in total. The van der Waals surface area contributed by atoms with Crippen LogP contribution in [0.25, 0.3) is 5.78 Å². The van der Waals surface area contributed by atoms with Gasteiger partial charge in [0.1, 0.15) is 24.4 Å². The number of rotatable bonds is 4. The molecule has 0 bridgehead atoms. The normalized spacial score (nSPS) is 11.0. The fourth-order valence-corrected chi connectivity index (χ4v) is 2.08. The summed E-state index contributed by atoms with van der Waals surface area (Å²) in [4.78, 5) is 23.3. The smallest absolute Gasteiger partial charge is 0.323 e. The maximum atomic E-state index is 12.9. The van der Waals surface area contributed by atoms with Crippen molar-refractivity contribution in [1.82, 2.24) is 24.4 Å². The zero-order valence-electron chi connectivity index (χ0n) is 11.2. The molecule has 9 heteroatoms. The number of fused-ring (bicyclic) bond motifs is 1. The molecule has 0 fully saturated rings. The average Bonchev–Trinajstić information content (AvgIpc) is 2.93. The minimum absolute atomic E-state index is 0.0512. The van der Waals surface area contributed by atoms with E-state index < -0.39 is 18.1 Å². The maximum Gasteiger partial charge on any atom is 0.323 e. The molecule has 0 saturated carbocycles. The summed E-state index contributed by atoms with van der Waals surface area (Å²) in [5.74, 6) is -1.50. The number of aliphatic carboxylic acids is 1. The first-order valence-electron chi connectivity index (χ1n) is 6.30. The summed E-state index contributed by atoms with van der Waals surface area (Å²) >= 11 is 0. The van der Waals surface area contributed by atoms with Crippen molar-refractivity contribution in [1.29, 1.82) is 0 Å². The van der Waals surface area contributed by atoms with Gasteiger partial charge in [0, 0.05) is 6.42 Å². The van der Waals surface area contributed by atoms with E-state index in [0.717, 1.165) is 4.57 Å².